The standard InChI is InChI=1S/C7H13NO2/c1-4-5(2)10-7(9)3-6(4)8/h4-6H,3,8H2,1-2H3/t4-,5+,6-/m1/s1. The highest BCUT2D eigenvalue weighted by Gasteiger charge is 2.30. The molecule has 1 aliphatic rings. The average Bonchev–Trinajstić information content (AvgIpc) is 1.82. The molecule has 3 heteroatoms. The van der Waals surface area contributed by atoms with Crippen molar-refractivity contribution in [1.82, 2.24) is 0 Å². The van der Waals surface area contributed by atoms with Gasteiger partial charge in [0.1, 0.15) is 6.10 Å². The molecule has 1 fully saturated rings. The second-order valence-electron chi connectivity index (χ2n) is 2.92. The minimum absolute atomic E-state index is 0.0174. The smallest absolute Gasteiger partial charge is 0.307 e. The molecule has 0 aliphatic carbocycles. The molecule has 0 spiro atoms. The summed E-state index contributed by atoms with van der Waals surface area (Å²) in [5.74, 6) is 0.121. The van der Waals surface area contributed by atoms with Gasteiger partial charge in [0.2, 0.25) is 0 Å². The number of carbonyl (C=O) groups excluding carboxylic acids is 1. The Morgan fingerprint density at radius 3 is 2.70 bits per heavy atom. The minimum atomic E-state index is -0.168. The van der Waals surface area contributed by atoms with Gasteiger partial charge in [-0.1, -0.05) is 6.92 Å². The Bertz CT molecular complexity index is 133. The summed E-state index contributed by atoms with van der Waals surface area (Å²) in [6, 6.07) is -0.0174. The molecule has 58 valence electrons. The lowest BCUT2D eigenvalue weighted by atomic mass is 9.92. The summed E-state index contributed by atoms with van der Waals surface area (Å²) in [4.78, 5) is 10.7. The van der Waals surface area contributed by atoms with Gasteiger partial charge in [0.15, 0.2) is 0 Å². The predicted molar refractivity (Wildman–Crippen MR) is 37.3 cm³/mol. The summed E-state index contributed by atoms with van der Waals surface area (Å²) >= 11 is 0. The Morgan fingerprint density at radius 2 is 2.20 bits per heavy atom. The summed E-state index contributed by atoms with van der Waals surface area (Å²) in [6.07, 6.45) is 0.349. The minimum Gasteiger partial charge on any atom is -0.462 e. The highest BCUT2D eigenvalue weighted by atomic mass is 16.5. The van der Waals surface area contributed by atoms with E-state index in [1.807, 2.05) is 13.8 Å². The SMILES string of the molecule is C[C@H]1[C@H](N)CC(=O)O[C@H]1C. The number of carbonyl (C=O) groups is 1. The molecule has 0 aromatic carbocycles. The average molecular weight is 143 g/mol. The third kappa shape index (κ3) is 1.29. The van der Waals surface area contributed by atoms with Crippen LogP contribution in [0.1, 0.15) is 20.3 Å². The summed E-state index contributed by atoms with van der Waals surface area (Å²) in [5, 5.41) is 0. The van der Waals surface area contributed by atoms with E-state index < -0.39 is 0 Å². The summed E-state index contributed by atoms with van der Waals surface area (Å²) in [5.41, 5.74) is 5.66. The van der Waals surface area contributed by atoms with Crippen molar-refractivity contribution in [1.29, 1.82) is 0 Å². The van der Waals surface area contributed by atoms with Gasteiger partial charge in [-0.3, -0.25) is 4.79 Å². The van der Waals surface area contributed by atoms with E-state index in [1.54, 1.807) is 0 Å². The van der Waals surface area contributed by atoms with Crippen molar-refractivity contribution in [3.8, 4) is 0 Å². The van der Waals surface area contributed by atoms with Crippen LogP contribution in [0.25, 0.3) is 0 Å². The lowest BCUT2D eigenvalue weighted by molar-refractivity contribution is -0.157. The quantitative estimate of drug-likeness (QED) is 0.496. The van der Waals surface area contributed by atoms with Crippen molar-refractivity contribution in [3.05, 3.63) is 0 Å². The largest absolute Gasteiger partial charge is 0.462 e. The molecule has 0 aromatic rings. The van der Waals surface area contributed by atoms with Crippen molar-refractivity contribution in [2.75, 3.05) is 0 Å². The third-order valence-corrected chi connectivity index (χ3v) is 2.14. The zero-order chi connectivity index (χ0) is 7.72. The molecule has 0 bridgehead atoms. The Kier molecular flexibility index (Phi) is 1.94. The van der Waals surface area contributed by atoms with Gasteiger partial charge in [0.05, 0.1) is 6.42 Å². The molecule has 0 saturated carbocycles. The van der Waals surface area contributed by atoms with E-state index in [9.17, 15) is 4.79 Å². The topological polar surface area (TPSA) is 52.3 Å². The maximum absolute atomic E-state index is 10.7. The summed E-state index contributed by atoms with van der Waals surface area (Å²) < 4.78 is 4.95. The number of cyclic esters (lactones) is 1. The Morgan fingerprint density at radius 1 is 1.60 bits per heavy atom. The summed E-state index contributed by atoms with van der Waals surface area (Å²) in [7, 11) is 0. The molecule has 3 nitrogen and oxygen atoms in total. The molecule has 1 rings (SSSR count). The first-order valence-corrected chi connectivity index (χ1v) is 3.56. The van der Waals surface area contributed by atoms with Crippen LogP contribution in [0.15, 0.2) is 0 Å². The van der Waals surface area contributed by atoms with Gasteiger partial charge in [0.25, 0.3) is 0 Å². The highest BCUT2D eigenvalue weighted by Crippen LogP contribution is 2.19. The number of hydrogen-bond donors (Lipinski definition) is 1. The van der Waals surface area contributed by atoms with Crippen molar-refractivity contribution >= 4 is 5.97 Å². The van der Waals surface area contributed by atoms with Gasteiger partial charge in [-0.25, -0.2) is 0 Å². The first kappa shape index (κ1) is 7.54. The van der Waals surface area contributed by atoms with E-state index >= 15 is 0 Å². The van der Waals surface area contributed by atoms with Crippen molar-refractivity contribution in [2.45, 2.75) is 32.4 Å². The lowest BCUT2D eigenvalue weighted by Gasteiger charge is -2.30. The van der Waals surface area contributed by atoms with Crippen LogP contribution < -0.4 is 5.73 Å². The molecule has 1 aliphatic heterocycles. The first-order chi connectivity index (χ1) is 4.61. The fraction of sp³-hybridized carbons (Fsp3) is 0.857. The number of esters is 1. The van der Waals surface area contributed by atoms with E-state index in [2.05, 4.69) is 0 Å². The van der Waals surface area contributed by atoms with Crippen LogP contribution in [0, 0.1) is 5.92 Å². The molecular weight excluding hydrogens is 130 g/mol. The van der Waals surface area contributed by atoms with E-state index in [-0.39, 0.29) is 24.0 Å². The molecule has 0 amide bonds. The van der Waals surface area contributed by atoms with Crippen LogP contribution >= 0.6 is 0 Å². The highest BCUT2D eigenvalue weighted by molar-refractivity contribution is 5.71. The van der Waals surface area contributed by atoms with Crippen molar-refractivity contribution in [2.24, 2.45) is 11.7 Å². The summed E-state index contributed by atoms with van der Waals surface area (Å²) in [6.45, 7) is 3.88. The maximum Gasteiger partial charge on any atom is 0.307 e. The van der Waals surface area contributed by atoms with E-state index in [0.717, 1.165) is 0 Å². The van der Waals surface area contributed by atoms with Crippen LogP contribution in [-0.4, -0.2) is 18.1 Å². The fourth-order valence-electron chi connectivity index (χ4n) is 1.09. The lowest BCUT2D eigenvalue weighted by Crippen LogP contribution is -2.43. The number of hydrogen-bond acceptors (Lipinski definition) is 3. The van der Waals surface area contributed by atoms with E-state index in [4.69, 9.17) is 10.5 Å². The van der Waals surface area contributed by atoms with Gasteiger partial charge < -0.3 is 10.5 Å². The molecule has 0 aromatic heterocycles. The van der Waals surface area contributed by atoms with Crippen LogP contribution in [0.4, 0.5) is 0 Å². The van der Waals surface area contributed by atoms with Crippen molar-refractivity contribution < 1.29 is 9.53 Å². The van der Waals surface area contributed by atoms with Gasteiger partial charge in [0, 0.05) is 12.0 Å². The van der Waals surface area contributed by atoms with Gasteiger partial charge in [-0.05, 0) is 6.92 Å². The van der Waals surface area contributed by atoms with Gasteiger partial charge in [-0.15, -0.1) is 0 Å². The van der Waals surface area contributed by atoms with Crippen LogP contribution in [0.5, 0.6) is 0 Å². The molecule has 1 heterocycles. The molecule has 0 radical (unpaired) electrons. The fourth-order valence-corrected chi connectivity index (χ4v) is 1.09. The number of rotatable bonds is 0. The van der Waals surface area contributed by atoms with Crippen LogP contribution in [-0.2, 0) is 9.53 Å². The van der Waals surface area contributed by atoms with Gasteiger partial charge in [-0.2, -0.15) is 0 Å². The normalized spacial score (nSPS) is 41.1. The second kappa shape index (κ2) is 2.58. The van der Waals surface area contributed by atoms with Gasteiger partial charge >= 0.3 is 5.97 Å². The molecule has 0 unspecified atom stereocenters. The van der Waals surface area contributed by atoms with Crippen LogP contribution in [0.3, 0.4) is 0 Å². The van der Waals surface area contributed by atoms with E-state index in [1.165, 1.54) is 0 Å². The zero-order valence-electron chi connectivity index (χ0n) is 6.33. The Hall–Kier alpha value is -0.570. The monoisotopic (exact) mass is 143 g/mol. The molecule has 1 saturated heterocycles. The predicted octanol–water partition coefficient (Wildman–Crippen LogP) is 0.285. The first-order valence-electron chi connectivity index (χ1n) is 3.56. The van der Waals surface area contributed by atoms with E-state index in [0.29, 0.717) is 6.42 Å². The second-order valence-corrected chi connectivity index (χ2v) is 2.92. The molecule has 10 heavy (non-hydrogen) atoms. The molecule has 3 atom stereocenters. The molecular formula is C7H13NO2. The zero-order valence-corrected chi connectivity index (χ0v) is 6.33. The van der Waals surface area contributed by atoms with Crippen LogP contribution in [0.2, 0.25) is 0 Å². The maximum atomic E-state index is 10.7. The number of ether oxygens (including phenoxy) is 1. The van der Waals surface area contributed by atoms with Crippen molar-refractivity contribution in [3.63, 3.8) is 0 Å². The third-order valence-electron chi connectivity index (χ3n) is 2.14. The Labute approximate surface area is 60.5 Å². The molecule has 2 N–H and O–H groups in total. The number of nitrogens with two attached hydrogens (primary N) is 1. The Balaban J connectivity index is 2.57.